The Balaban J connectivity index is 1.56. The molecule has 7 nitrogen and oxygen atoms in total. The fourth-order valence-electron chi connectivity index (χ4n) is 4.00. The maximum Gasteiger partial charge on any atom is 0.262 e. The van der Waals surface area contributed by atoms with E-state index in [-0.39, 0.29) is 35.4 Å². The Kier molecular flexibility index (Phi) is 9.22. The summed E-state index contributed by atoms with van der Waals surface area (Å²) in [5.74, 6) is 0.0719. The van der Waals surface area contributed by atoms with E-state index in [4.69, 9.17) is 16.0 Å². The molecule has 0 unspecified atom stereocenters. The highest BCUT2D eigenvalue weighted by Crippen LogP contribution is 2.24. The van der Waals surface area contributed by atoms with Gasteiger partial charge in [-0.2, -0.15) is 9.57 Å². The van der Waals surface area contributed by atoms with Gasteiger partial charge in [0.15, 0.2) is 0 Å². The summed E-state index contributed by atoms with van der Waals surface area (Å²) in [5.41, 5.74) is 2.65. The summed E-state index contributed by atoms with van der Waals surface area (Å²) in [4.78, 5) is 12.8. The van der Waals surface area contributed by atoms with Gasteiger partial charge in [0.1, 0.15) is 23.2 Å². The number of carbonyl (C=O) groups excluding carboxylic acids is 1. The van der Waals surface area contributed by atoms with Crippen molar-refractivity contribution in [3.8, 4) is 6.07 Å². The third-order valence-electron chi connectivity index (χ3n) is 6.24. The number of sulfonamides is 1. The molecule has 1 heterocycles. The fourth-order valence-corrected chi connectivity index (χ4v) is 5.52. The zero-order chi connectivity index (χ0) is 28.7. The number of halogens is 1. The average molecular weight is 574 g/mol. The normalized spacial score (nSPS) is 12.6. The molecule has 4 aromatic rings. The molecule has 0 spiro atoms. The number of benzene rings is 3. The van der Waals surface area contributed by atoms with Gasteiger partial charge < -0.3 is 9.73 Å². The molecular weight excluding hydrogens is 546 g/mol. The van der Waals surface area contributed by atoms with Crippen molar-refractivity contribution in [2.75, 3.05) is 0 Å². The number of nitrogens with zero attached hydrogens (tertiary/aromatic N) is 2. The summed E-state index contributed by atoms with van der Waals surface area (Å²) in [6, 6.07) is 27.8. The SMILES string of the molecule is Cc1ccc(CN(Cc2ccc(/C=C(/C#N)C(=O)N[C@@H](C)c3ccccc3)o2)S(=O)(=O)c2ccc(Cl)cc2)cc1. The molecule has 1 atom stereocenters. The van der Waals surface area contributed by atoms with Crippen LogP contribution in [0.25, 0.3) is 6.08 Å². The van der Waals surface area contributed by atoms with Gasteiger partial charge in [0.2, 0.25) is 10.0 Å². The van der Waals surface area contributed by atoms with Gasteiger partial charge in [-0.05, 0) is 61.4 Å². The van der Waals surface area contributed by atoms with Crippen LogP contribution < -0.4 is 5.32 Å². The second kappa shape index (κ2) is 12.8. The summed E-state index contributed by atoms with van der Waals surface area (Å²) in [5, 5.41) is 12.9. The molecular formula is C31H28ClN3O4S. The van der Waals surface area contributed by atoms with E-state index in [1.54, 1.807) is 12.1 Å². The van der Waals surface area contributed by atoms with E-state index in [1.807, 2.05) is 74.5 Å². The van der Waals surface area contributed by atoms with Crippen LogP contribution in [0.15, 0.2) is 106 Å². The first-order valence-corrected chi connectivity index (χ1v) is 14.3. The molecule has 0 saturated heterocycles. The van der Waals surface area contributed by atoms with Gasteiger partial charge in [0, 0.05) is 17.6 Å². The van der Waals surface area contributed by atoms with Crippen LogP contribution in [0.1, 0.15) is 41.2 Å². The predicted octanol–water partition coefficient (Wildman–Crippen LogP) is 6.42. The molecule has 1 amide bonds. The summed E-state index contributed by atoms with van der Waals surface area (Å²) in [7, 11) is -3.91. The largest absolute Gasteiger partial charge is 0.460 e. The van der Waals surface area contributed by atoms with Gasteiger partial charge in [-0.1, -0.05) is 71.8 Å². The Hall–Kier alpha value is -4.16. The zero-order valence-electron chi connectivity index (χ0n) is 22.0. The Labute approximate surface area is 239 Å². The Morgan fingerprint density at radius 1 is 1.00 bits per heavy atom. The van der Waals surface area contributed by atoms with E-state index in [2.05, 4.69) is 5.32 Å². The number of carbonyl (C=O) groups is 1. The number of hydrogen-bond acceptors (Lipinski definition) is 5. The summed E-state index contributed by atoms with van der Waals surface area (Å²) in [6.07, 6.45) is 1.34. The minimum atomic E-state index is -3.91. The number of hydrogen-bond donors (Lipinski definition) is 1. The van der Waals surface area contributed by atoms with Gasteiger partial charge >= 0.3 is 0 Å². The van der Waals surface area contributed by atoms with Gasteiger partial charge in [0.25, 0.3) is 5.91 Å². The van der Waals surface area contributed by atoms with Crippen molar-refractivity contribution >= 4 is 33.6 Å². The molecule has 0 aliphatic heterocycles. The van der Waals surface area contributed by atoms with E-state index < -0.39 is 15.9 Å². The molecule has 40 heavy (non-hydrogen) atoms. The highest BCUT2D eigenvalue weighted by atomic mass is 35.5. The predicted molar refractivity (Wildman–Crippen MR) is 154 cm³/mol. The topological polar surface area (TPSA) is 103 Å². The average Bonchev–Trinajstić information content (AvgIpc) is 3.40. The Morgan fingerprint density at radius 2 is 1.68 bits per heavy atom. The van der Waals surface area contributed by atoms with Crippen molar-refractivity contribution in [3.05, 3.63) is 130 Å². The second-order valence-electron chi connectivity index (χ2n) is 9.29. The molecule has 0 bridgehead atoms. The molecule has 4 rings (SSSR count). The highest BCUT2D eigenvalue weighted by molar-refractivity contribution is 7.89. The molecule has 9 heteroatoms. The van der Waals surface area contributed by atoms with Crippen LogP contribution in [-0.4, -0.2) is 18.6 Å². The lowest BCUT2D eigenvalue weighted by Gasteiger charge is -2.21. The van der Waals surface area contributed by atoms with Crippen LogP contribution in [0, 0.1) is 18.3 Å². The monoisotopic (exact) mass is 573 g/mol. The minimum Gasteiger partial charge on any atom is -0.460 e. The van der Waals surface area contributed by atoms with Crippen molar-refractivity contribution < 1.29 is 17.6 Å². The zero-order valence-corrected chi connectivity index (χ0v) is 23.6. The van der Waals surface area contributed by atoms with Crippen molar-refractivity contribution in [2.24, 2.45) is 0 Å². The third kappa shape index (κ3) is 7.27. The number of aryl methyl sites for hydroxylation is 1. The highest BCUT2D eigenvalue weighted by Gasteiger charge is 2.26. The minimum absolute atomic E-state index is 0.0637. The lowest BCUT2D eigenvalue weighted by atomic mass is 10.1. The summed E-state index contributed by atoms with van der Waals surface area (Å²) >= 11 is 5.97. The van der Waals surface area contributed by atoms with Gasteiger partial charge in [-0.3, -0.25) is 4.79 Å². The van der Waals surface area contributed by atoms with Gasteiger partial charge in [0.05, 0.1) is 17.5 Å². The molecule has 0 fully saturated rings. The quantitative estimate of drug-likeness (QED) is 0.174. The van der Waals surface area contributed by atoms with E-state index in [1.165, 1.54) is 34.6 Å². The van der Waals surface area contributed by atoms with Crippen molar-refractivity contribution in [2.45, 2.75) is 37.9 Å². The fraction of sp³-hybridized carbons (Fsp3) is 0.161. The number of amides is 1. The first kappa shape index (κ1) is 28.8. The van der Waals surface area contributed by atoms with E-state index in [9.17, 15) is 18.5 Å². The van der Waals surface area contributed by atoms with Crippen LogP contribution in [0.2, 0.25) is 5.02 Å². The van der Waals surface area contributed by atoms with Crippen LogP contribution >= 0.6 is 11.6 Å². The second-order valence-corrected chi connectivity index (χ2v) is 11.7. The number of nitriles is 1. The third-order valence-corrected chi connectivity index (χ3v) is 8.30. The molecule has 3 aromatic carbocycles. The number of rotatable bonds is 10. The Bertz CT molecular complexity index is 1640. The first-order chi connectivity index (χ1) is 19.2. The van der Waals surface area contributed by atoms with Crippen molar-refractivity contribution in [1.29, 1.82) is 5.26 Å². The van der Waals surface area contributed by atoms with Gasteiger partial charge in [-0.15, -0.1) is 0 Å². The van der Waals surface area contributed by atoms with E-state index >= 15 is 0 Å². The molecule has 0 aliphatic rings. The molecule has 0 radical (unpaired) electrons. The summed E-state index contributed by atoms with van der Waals surface area (Å²) in [6.45, 7) is 3.84. The number of furan rings is 1. The number of nitrogens with one attached hydrogen (secondary N) is 1. The lowest BCUT2D eigenvalue weighted by molar-refractivity contribution is -0.117. The van der Waals surface area contributed by atoms with Crippen LogP contribution in [0.3, 0.4) is 0 Å². The van der Waals surface area contributed by atoms with Crippen LogP contribution in [0.5, 0.6) is 0 Å². The van der Waals surface area contributed by atoms with Gasteiger partial charge in [-0.25, -0.2) is 8.42 Å². The molecule has 0 aliphatic carbocycles. The standard InChI is InChI=1S/C31H28ClN3O4S/c1-22-8-10-24(11-9-22)20-35(40(37,38)30-16-12-27(32)13-17-30)21-29-15-14-28(39-29)18-26(19-33)31(36)34-23(2)25-6-4-3-5-7-25/h3-18,23H,20-21H2,1-2H3,(H,34,36)/b26-18-/t23-/m0/s1. The van der Waals surface area contributed by atoms with E-state index in [0.717, 1.165) is 16.7 Å². The van der Waals surface area contributed by atoms with E-state index in [0.29, 0.717) is 10.8 Å². The molecule has 204 valence electrons. The maximum absolute atomic E-state index is 13.6. The Morgan fingerprint density at radius 3 is 2.33 bits per heavy atom. The van der Waals surface area contributed by atoms with Crippen molar-refractivity contribution in [1.82, 2.24) is 9.62 Å². The smallest absolute Gasteiger partial charge is 0.262 e. The van der Waals surface area contributed by atoms with Crippen LogP contribution in [0.4, 0.5) is 0 Å². The molecule has 1 N–H and O–H groups in total. The first-order valence-electron chi connectivity index (χ1n) is 12.5. The van der Waals surface area contributed by atoms with Crippen molar-refractivity contribution in [3.63, 3.8) is 0 Å². The maximum atomic E-state index is 13.6. The molecule has 0 saturated carbocycles. The summed E-state index contributed by atoms with van der Waals surface area (Å²) < 4.78 is 34.4. The lowest BCUT2D eigenvalue weighted by Crippen LogP contribution is -2.30. The molecule has 1 aromatic heterocycles. The van der Waals surface area contributed by atoms with Crippen LogP contribution in [-0.2, 0) is 27.9 Å².